The number of thiazole rings is 1. The zero-order chi connectivity index (χ0) is 28.9. The first-order valence-electron chi connectivity index (χ1n) is 13.2. The fourth-order valence-corrected chi connectivity index (χ4v) is 5.23. The van der Waals surface area contributed by atoms with E-state index >= 15 is 0 Å². The third-order valence-electron chi connectivity index (χ3n) is 6.68. The quantitative estimate of drug-likeness (QED) is 0.223. The molecular formula is C32H34F3N3OS. The van der Waals surface area contributed by atoms with Crippen LogP contribution in [-0.2, 0) is 31.2 Å². The van der Waals surface area contributed by atoms with Gasteiger partial charge in [-0.25, -0.2) is 4.98 Å². The second kappa shape index (κ2) is 12.4. The van der Waals surface area contributed by atoms with Gasteiger partial charge in [-0.05, 0) is 40.7 Å². The molecule has 1 heterocycles. The lowest BCUT2D eigenvalue weighted by Crippen LogP contribution is -2.27. The fourth-order valence-electron chi connectivity index (χ4n) is 4.41. The highest BCUT2D eigenvalue weighted by molar-refractivity contribution is 7.09. The highest BCUT2D eigenvalue weighted by atomic mass is 32.1. The molecule has 0 saturated carbocycles. The van der Waals surface area contributed by atoms with Crippen molar-refractivity contribution in [2.75, 3.05) is 0 Å². The molecule has 4 aromatic rings. The molecule has 0 radical (unpaired) electrons. The maximum Gasteiger partial charge on any atom is 0.416 e. The van der Waals surface area contributed by atoms with Gasteiger partial charge in [-0.1, -0.05) is 93.6 Å². The number of hydrogen-bond acceptors (Lipinski definition) is 4. The number of hydrogen-bond donors (Lipinski definition) is 1. The molecule has 1 amide bonds. The third-order valence-corrected chi connectivity index (χ3v) is 7.51. The lowest BCUT2D eigenvalue weighted by atomic mass is 9.87. The highest BCUT2D eigenvalue weighted by Crippen LogP contribution is 2.30. The van der Waals surface area contributed by atoms with Gasteiger partial charge in [0.15, 0.2) is 0 Å². The Kier molecular flexibility index (Phi) is 9.11. The zero-order valence-corrected chi connectivity index (χ0v) is 23.9. The number of alkyl halides is 3. The van der Waals surface area contributed by atoms with Crippen LogP contribution in [0.15, 0.2) is 84.2 Å². The third kappa shape index (κ3) is 8.02. The lowest BCUT2D eigenvalue weighted by molar-refractivity contribution is -0.137. The molecule has 3 aromatic carbocycles. The van der Waals surface area contributed by atoms with Crippen molar-refractivity contribution in [1.29, 1.82) is 0 Å². The van der Waals surface area contributed by atoms with E-state index in [0.29, 0.717) is 30.9 Å². The van der Waals surface area contributed by atoms with Gasteiger partial charge < -0.3 is 5.32 Å². The Labute approximate surface area is 237 Å². The molecular weight excluding hydrogens is 531 g/mol. The Morgan fingerprint density at radius 2 is 1.55 bits per heavy atom. The molecule has 0 bridgehead atoms. The predicted molar refractivity (Wildman–Crippen MR) is 154 cm³/mol. The summed E-state index contributed by atoms with van der Waals surface area (Å²) < 4.78 is 40.1. The van der Waals surface area contributed by atoms with Crippen molar-refractivity contribution in [3.05, 3.63) is 123 Å². The average molecular weight is 566 g/mol. The monoisotopic (exact) mass is 565 g/mol. The van der Waals surface area contributed by atoms with Gasteiger partial charge >= 0.3 is 6.18 Å². The summed E-state index contributed by atoms with van der Waals surface area (Å²) in [5.41, 5.74) is 3.50. The normalized spacial score (nSPS) is 12.9. The molecule has 40 heavy (non-hydrogen) atoms. The molecule has 4 rings (SSSR count). The van der Waals surface area contributed by atoms with E-state index in [-0.39, 0.29) is 17.4 Å². The summed E-state index contributed by atoms with van der Waals surface area (Å²) in [6.07, 6.45) is -4.40. The maximum atomic E-state index is 13.4. The minimum Gasteiger partial charge on any atom is -0.344 e. The number of nitrogens with zero attached hydrogens (tertiary/aromatic N) is 2. The van der Waals surface area contributed by atoms with Crippen LogP contribution in [0, 0.1) is 0 Å². The number of carbonyl (C=O) groups is 1. The van der Waals surface area contributed by atoms with Crippen molar-refractivity contribution in [1.82, 2.24) is 15.2 Å². The highest BCUT2D eigenvalue weighted by Gasteiger charge is 2.30. The predicted octanol–water partition coefficient (Wildman–Crippen LogP) is 8.15. The standard InChI is InChI=1S/C32H34F3N3OS/c1-22(25-10-6-5-7-11-25)36-30(39)28-21-40-29(37-28)20-38(18-23-13-15-26(16-14-23)31(2,3)4)19-24-9-8-12-27(17-24)32(33,34)35/h5-17,21-22H,18-20H2,1-4H3,(H,36,39)/t22-/m0/s1. The van der Waals surface area contributed by atoms with E-state index in [0.717, 1.165) is 22.2 Å². The molecule has 1 N–H and O–H groups in total. The summed E-state index contributed by atoms with van der Waals surface area (Å²) in [6.45, 7) is 9.59. The van der Waals surface area contributed by atoms with E-state index in [1.54, 1.807) is 11.4 Å². The Hall–Kier alpha value is -3.49. The number of carbonyl (C=O) groups excluding carboxylic acids is 1. The molecule has 1 aromatic heterocycles. The van der Waals surface area contributed by atoms with Crippen LogP contribution < -0.4 is 5.32 Å². The van der Waals surface area contributed by atoms with Crippen LogP contribution in [0.2, 0.25) is 0 Å². The minimum atomic E-state index is -4.40. The van der Waals surface area contributed by atoms with E-state index in [9.17, 15) is 18.0 Å². The van der Waals surface area contributed by atoms with Crippen molar-refractivity contribution < 1.29 is 18.0 Å². The van der Waals surface area contributed by atoms with Gasteiger partial charge in [0.05, 0.1) is 18.2 Å². The molecule has 4 nitrogen and oxygen atoms in total. The van der Waals surface area contributed by atoms with E-state index in [1.165, 1.54) is 29.0 Å². The number of nitrogens with one attached hydrogen (secondary N) is 1. The first-order chi connectivity index (χ1) is 18.9. The number of halogens is 3. The molecule has 0 spiro atoms. The molecule has 1 atom stereocenters. The second-order valence-corrected chi connectivity index (χ2v) is 12.0. The van der Waals surface area contributed by atoms with Gasteiger partial charge in [0.25, 0.3) is 5.91 Å². The Morgan fingerprint density at radius 3 is 2.20 bits per heavy atom. The number of aromatic nitrogens is 1. The maximum absolute atomic E-state index is 13.4. The SMILES string of the molecule is C[C@H](NC(=O)c1csc(CN(Cc2ccc(C(C)(C)C)cc2)Cc2cccc(C(F)(F)F)c2)n1)c1ccccc1. The lowest BCUT2D eigenvalue weighted by Gasteiger charge is -2.23. The Balaban J connectivity index is 1.51. The molecule has 0 aliphatic carbocycles. The van der Waals surface area contributed by atoms with Crippen molar-refractivity contribution in [2.24, 2.45) is 0 Å². The van der Waals surface area contributed by atoms with Crippen LogP contribution in [-0.4, -0.2) is 15.8 Å². The fraction of sp³-hybridized carbons (Fsp3) is 0.312. The molecule has 8 heteroatoms. The van der Waals surface area contributed by atoms with Crippen LogP contribution in [0.4, 0.5) is 13.2 Å². The van der Waals surface area contributed by atoms with E-state index in [2.05, 4.69) is 60.2 Å². The average Bonchev–Trinajstić information content (AvgIpc) is 3.37. The van der Waals surface area contributed by atoms with Crippen LogP contribution in [0.1, 0.15) is 77.1 Å². The summed E-state index contributed by atoms with van der Waals surface area (Å²) in [7, 11) is 0. The summed E-state index contributed by atoms with van der Waals surface area (Å²) >= 11 is 1.37. The Bertz CT molecular complexity index is 1410. The smallest absolute Gasteiger partial charge is 0.344 e. The van der Waals surface area contributed by atoms with Crippen LogP contribution in [0.3, 0.4) is 0 Å². The van der Waals surface area contributed by atoms with Gasteiger partial charge in [-0.15, -0.1) is 11.3 Å². The molecule has 0 unspecified atom stereocenters. The number of benzene rings is 3. The van der Waals surface area contributed by atoms with Crippen LogP contribution >= 0.6 is 11.3 Å². The van der Waals surface area contributed by atoms with E-state index in [4.69, 9.17) is 0 Å². The Morgan fingerprint density at radius 1 is 0.875 bits per heavy atom. The molecule has 0 aliphatic heterocycles. The van der Waals surface area contributed by atoms with E-state index in [1.807, 2.05) is 37.3 Å². The zero-order valence-electron chi connectivity index (χ0n) is 23.1. The van der Waals surface area contributed by atoms with Crippen molar-refractivity contribution >= 4 is 17.2 Å². The van der Waals surface area contributed by atoms with Crippen molar-refractivity contribution in [3.8, 4) is 0 Å². The van der Waals surface area contributed by atoms with Crippen molar-refractivity contribution in [3.63, 3.8) is 0 Å². The van der Waals surface area contributed by atoms with E-state index < -0.39 is 11.7 Å². The van der Waals surface area contributed by atoms with Gasteiger partial charge in [-0.3, -0.25) is 9.69 Å². The summed E-state index contributed by atoms with van der Waals surface area (Å²) in [5.74, 6) is -0.263. The summed E-state index contributed by atoms with van der Waals surface area (Å²) in [4.78, 5) is 19.5. The van der Waals surface area contributed by atoms with Crippen molar-refractivity contribution in [2.45, 2.75) is 65.0 Å². The molecule has 210 valence electrons. The molecule has 0 aliphatic rings. The number of rotatable bonds is 9. The van der Waals surface area contributed by atoms with Crippen LogP contribution in [0.25, 0.3) is 0 Å². The first-order valence-corrected chi connectivity index (χ1v) is 14.0. The van der Waals surface area contributed by atoms with Gasteiger partial charge in [0.2, 0.25) is 0 Å². The summed E-state index contributed by atoms with van der Waals surface area (Å²) in [6, 6.07) is 23.2. The topological polar surface area (TPSA) is 45.2 Å². The van der Waals surface area contributed by atoms with Gasteiger partial charge in [0, 0.05) is 18.5 Å². The first kappa shape index (κ1) is 29.5. The number of amides is 1. The van der Waals surface area contributed by atoms with Crippen LogP contribution in [0.5, 0.6) is 0 Å². The molecule has 0 saturated heterocycles. The minimum absolute atomic E-state index is 0.0200. The van der Waals surface area contributed by atoms with Gasteiger partial charge in [0.1, 0.15) is 10.7 Å². The van der Waals surface area contributed by atoms with Gasteiger partial charge in [-0.2, -0.15) is 13.2 Å². The summed E-state index contributed by atoms with van der Waals surface area (Å²) in [5, 5.41) is 5.43. The molecule has 0 fully saturated rings. The largest absolute Gasteiger partial charge is 0.416 e. The second-order valence-electron chi connectivity index (χ2n) is 11.0.